The summed E-state index contributed by atoms with van der Waals surface area (Å²) in [5.74, 6) is 0.390. The first kappa shape index (κ1) is 17.1. The van der Waals surface area contributed by atoms with Crippen LogP contribution in [-0.2, 0) is 11.3 Å². The molecule has 0 aliphatic carbocycles. The molecule has 0 amide bonds. The highest BCUT2D eigenvalue weighted by Gasteiger charge is 2.08. The quantitative estimate of drug-likeness (QED) is 0.482. The van der Waals surface area contributed by atoms with Gasteiger partial charge in [0.2, 0.25) is 0 Å². The summed E-state index contributed by atoms with van der Waals surface area (Å²) in [7, 11) is 0. The molecule has 0 aliphatic rings. The second kappa shape index (κ2) is 9.67. The van der Waals surface area contributed by atoms with Crippen LogP contribution >= 0.6 is 0 Å². The number of unbranched alkanes of at least 4 members (excludes halogenated alkanes) is 3. The Morgan fingerprint density at radius 2 is 1.78 bits per heavy atom. The lowest BCUT2D eigenvalue weighted by Gasteiger charge is -2.08. The molecule has 0 atom stereocenters. The van der Waals surface area contributed by atoms with E-state index >= 15 is 0 Å². The number of carbonyl (C=O) groups excluding carboxylic acids is 1. The first-order valence-corrected chi connectivity index (χ1v) is 8.23. The Morgan fingerprint density at radius 3 is 2.57 bits per heavy atom. The van der Waals surface area contributed by atoms with Gasteiger partial charge in [0.1, 0.15) is 12.4 Å². The van der Waals surface area contributed by atoms with Gasteiger partial charge in [-0.25, -0.2) is 4.79 Å². The van der Waals surface area contributed by atoms with E-state index in [-0.39, 0.29) is 5.97 Å². The van der Waals surface area contributed by atoms with Crippen LogP contribution < -0.4 is 4.74 Å². The Labute approximate surface area is 138 Å². The van der Waals surface area contributed by atoms with Crippen molar-refractivity contribution in [1.29, 1.82) is 0 Å². The van der Waals surface area contributed by atoms with Gasteiger partial charge in [-0.05, 0) is 30.2 Å². The Kier molecular flexibility index (Phi) is 7.18. The standard InChI is InChI=1S/C20H24O3/c1-2-3-4-8-14-22-20(21)18-12-9-13-19(15-18)23-16-17-10-6-5-7-11-17/h5-7,9-13,15H,2-4,8,14,16H2,1H3. The minimum atomic E-state index is -0.286. The van der Waals surface area contributed by atoms with Gasteiger partial charge < -0.3 is 9.47 Å². The Balaban J connectivity index is 1.82. The zero-order valence-electron chi connectivity index (χ0n) is 13.7. The summed E-state index contributed by atoms with van der Waals surface area (Å²) in [6.45, 7) is 3.12. The summed E-state index contributed by atoms with van der Waals surface area (Å²) in [5, 5.41) is 0. The highest BCUT2D eigenvalue weighted by molar-refractivity contribution is 5.89. The van der Waals surface area contributed by atoms with Gasteiger partial charge in [0.15, 0.2) is 0 Å². The fraction of sp³-hybridized carbons (Fsp3) is 0.350. The first-order valence-electron chi connectivity index (χ1n) is 8.23. The van der Waals surface area contributed by atoms with E-state index in [4.69, 9.17) is 9.47 Å². The van der Waals surface area contributed by atoms with Gasteiger partial charge in [0.05, 0.1) is 12.2 Å². The van der Waals surface area contributed by atoms with Crippen LogP contribution in [0.15, 0.2) is 54.6 Å². The fourth-order valence-corrected chi connectivity index (χ4v) is 2.23. The topological polar surface area (TPSA) is 35.5 Å². The number of hydrogen-bond acceptors (Lipinski definition) is 3. The van der Waals surface area contributed by atoms with Crippen molar-refractivity contribution in [3.05, 3.63) is 65.7 Å². The number of esters is 1. The maximum absolute atomic E-state index is 12.0. The molecule has 3 heteroatoms. The molecule has 0 fully saturated rings. The van der Waals surface area contributed by atoms with Gasteiger partial charge in [-0.1, -0.05) is 62.6 Å². The van der Waals surface area contributed by atoms with Crippen LogP contribution in [0.1, 0.15) is 48.5 Å². The SMILES string of the molecule is CCCCCCOC(=O)c1cccc(OCc2ccccc2)c1. The largest absolute Gasteiger partial charge is 0.489 e. The van der Waals surface area contributed by atoms with Crippen molar-refractivity contribution in [2.45, 2.75) is 39.2 Å². The van der Waals surface area contributed by atoms with Crippen molar-refractivity contribution in [3.8, 4) is 5.75 Å². The molecule has 0 saturated heterocycles. The summed E-state index contributed by atoms with van der Waals surface area (Å²) < 4.78 is 11.0. The molecule has 0 aliphatic heterocycles. The minimum absolute atomic E-state index is 0.286. The van der Waals surface area contributed by atoms with E-state index in [0.29, 0.717) is 24.5 Å². The number of ether oxygens (including phenoxy) is 2. The van der Waals surface area contributed by atoms with Crippen LogP contribution in [0, 0.1) is 0 Å². The zero-order valence-corrected chi connectivity index (χ0v) is 13.7. The number of benzene rings is 2. The van der Waals surface area contributed by atoms with Crippen LogP contribution in [0.5, 0.6) is 5.75 Å². The van der Waals surface area contributed by atoms with Gasteiger partial charge >= 0.3 is 5.97 Å². The van der Waals surface area contributed by atoms with Crippen LogP contribution in [0.4, 0.5) is 0 Å². The van der Waals surface area contributed by atoms with E-state index in [2.05, 4.69) is 6.92 Å². The average molecular weight is 312 g/mol. The van der Waals surface area contributed by atoms with Crippen LogP contribution in [0.2, 0.25) is 0 Å². The molecule has 3 nitrogen and oxygen atoms in total. The van der Waals surface area contributed by atoms with Crippen molar-refractivity contribution in [1.82, 2.24) is 0 Å². The van der Waals surface area contributed by atoms with Crippen molar-refractivity contribution in [2.24, 2.45) is 0 Å². The lowest BCUT2D eigenvalue weighted by molar-refractivity contribution is 0.0497. The van der Waals surface area contributed by atoms with E-state index in [1.807, 2.05) is 42.5 Å². The van der Waals surface area contributed by atoms with Crippen LogP contribution in [0.3, 0.4) is 0 Å². The Morgan fingerprint density at radius 1 is 0.957 bits per heavy atom. The maximum atomic E-state index is 12.0. The summed E-state index contributed by atoms with van der Waals surface area (Å²) in [4.78, 5) is 12.0. The molecule has 0 bridgehead atoms. The van der Waals surface area contributed by atoms with Crippen molar-refractivity contribution in [2.75, 3.05) is 6.61 Å². The second-order valence-electron chi connectivity index (χ2n) is 5.50. The number of rotatable bonds is 9. The molecular weight excluding hydrogens is 288 g/mol. The normalized spacial score (nSPS) is 10.3. The molecule has 2 aromatic rings. The molecule has 0 heterocycles. The number of carbonyl (C=O) groups is 1. The molecule has 2 aromatic carbocycles. The van der Waals surface area contributed by atoms with E-state index in [0.717, 1.165) is 18.4 Å². The Hall–Kier alpha value is -2.29. The van der Waals surface area contributed by atoms with Gasteiger partial charge in [-0.3, -0.25) is 0 Å². The molecule has 0 aromatic heterocycles. The van der Waals surface area contributed by atoms with Gasteiger partial charge in [0, 0.05) is 0 Å². The summed E-state index contributed by atoms with van der Waals surface area (Å²) >= 11 is 0. The minimum Gasteiger partial charge on any atom is -0.489 e. The van der Waals surface area contributed by atoms with Crippen molar-refractivity contribution >= 4 is 5.97 Å². The summed E-state index contributed by atoms with van der Waals surface area (Å²) in [6, 6.07) is 17.1. The van der Waals surface area contributed by atoms with E-state index < -0.39 is 0 Å². The molecule has 23 heavy (non-hydrogen) atoms. The molecule has 122 valence electrons. The summed E-state index contributed by atoms with van der Waals surface area (Å²) in [5.41, 5.74) is 1.63. The molecule has 0 unspecified atom stereocenters. The molecule has 2 rings (SSSR count). The van der Waals surface area contributed by atoms with Gasteiger partial charge in [-0.2, -0.15) is 0 Å². The van der Waals surface area contributed by atoms with Crippen LogP contribution in [-0.4, -0.2) is 12.6 Å². The lowest BCUT2D eigenvalue weighted by Crippen LogP contribution is -2.07. The molecule has 0 N–H and O–H groups in total. The van der Waals surface area contributed by atoms with Crippen LogP contribution in [0.25, 0.3) is 0 Å². The molecule has 0 saturated carbocycles. The first-order chi connectivity index (χ1) is 11.3. The second-order valence-corrected chi connectivity index (χ2v) is 5.50. The van der Waals surface area contributed by atoms with Gasteiger partial charge in [0.25, 0.3) is 0 Å². The lowest BCUT2D eigenvalue weighted by atomic mass is 10.2. The molecule has 0 radical (unpaired) electrons. The van der Waals surface area contributed by atoms with E-state index in [1.165, 1.54) is 12.8 Å². The third-order valence-electron chi connectivity index (χ3n) is 3.55. The van der Waals surface area contributed by atoms with E-state index in [1.54, 1.807) is 12.1 Å². The monoisotopic (exact) mass is 312 g/mol. The van der Waals surface area contributed by atoms with Gasteiger partial charge in [-0.15, -0.1) is 0 Å². The average Bonchev–Trinajstić information content (AvgIpc) is 2.61. The fourth-order valence-electron chi connectivity index (χ4n) is 2.23. The predicted octanol–water partition coefficient (Wildman–Crippen LogP) is 5.00. The third kappa shape index (κ3) is 6.15. The predicted molar refractivity (Wildman–Crippen MR) is 91.6 cm³/mol. The number of hydrogen-bond donors (Lipinski definition) is 0. The van der Waals surface area contributed by atoms with Crippen molar-refractivity contribution in [3.63, 3.8) is 0 Å². The maximum Gasteiger partial charge on any atom is 0.338 e. The highest BCUT2D eigenvalue weighted by atomic mass is 16.5. The molecule has 0 spiro atoms. The summed E-state index contributed by atoms with van der Waals surface area (Å²) in [6.07, 6.45) is 4.38. The molecular formula is C20H24O3. The Bertz CT molecular complexity index is 593. The highest BCUT2D eigenvalue weighted by Crippen LogP contribution is 2.16. The smallest absolute Gasteiger partial charge is 0.338 e. The van der Waals surface area contributed by atoms with E-state index in [9.17, 15) is 4.79 Å². The van der Waals surface area contributed by atoms with Crippen molar-refractivity contribution < 1.29 is 14.3 Å². The zero-order chi connectivity index (χ0) is 16.3. The third-order valence-corrected chi connectivity index (χ3v) is 3.55.